The van der Waals surface area contributed by atoms with Gasteiger partial charge in [-0.25, -0.2) is 0 Å². The van der Waals surface area contributed by atoms with Crippen molar-refractivity contribution in [2.45, 2.75) is 32.3 Å². The molecule has 6 nitrogen and oxygen atoms in total. The number of hydrogen-bond acceptors (Lipinski definition) is 4. The van der Waals surface area contributed by atoms with Crippen molar-refractivity contribution in [1.82, 2.24) is 5.32 Å². The molecule has 0 aromatic heterocycles. The lowest BCUT2D eigenvalue weighted by molar-refractivity contribution is -0.152. The molecular weight excluding hydrogens is 358 g/mol. The highest BCUT2D eigenvalue weighted by molar-refractivity contribution is 5.87. The van der Waals surface area contributed by atoms with E-state index in [0.717, 1.165) is 16.3 Å². The number of carboxylic acid groups (broad SMARTS) is 1. The van der Waals surface area contributed by atoms with E-state index in [9.17, 15) is 19.5 Å². The summed E-state index contributed by atoms with van der Waals surface area (Å²) in [6.45, 7) is 3.92. The van der Waals surface area contributed by atoms with E-state index in [1.165, 1.54) is 6.08 Å². The molecule has 2 rings (SSSR count). The Labute approximate surface area is 164 Å². The molecule has 0 radical (unpaired) electrons. The smallest absolute Gasteiger partial charge is 0.307 e. The Balaban J connectivity index is 1.81. The largest absolute Gasteiger partial charge is 0.481 e. The molecule has 0 heterocycles. The number of carbonyl (C=O) groups is 3. The fourth-order valence-electron chi connectivity index (χ4n) is 2.95. The molecule has 0 spiro atoms. The number of unbranched alkanes of at least 4 members (excludes halogenated alkanes) is 1. The van der Waals surface area contributed by atoms with E-state index in [1.54, 1.807) is 0 Å². The molecule has 0 aliphatic rings. The summed E-state index contributed by atoms with van der Waals surface area (Å²) in [4.78, 5) is 34.6. The summed E-state index contributed by atoms with van der Waals surface area (Å²) >= 11 is 0. The summed E-state index contributed by atoms with van der Waals surface area (Å²) in [5.41, 5.74) is 0.885. The van der Waals surface area contributed by atoms with Gasteiger partial charge in [-0.1, -0.05) is 55.5 Å². The molecule has 2 aromatic carbocycles. The van der Waals surface area contributed by atoms with Crippen molar-refractivity contribution >= 4 is 28.6 Å². The number of carbonyl (C=O) groups excluding carboxylic acids is 2. The quantitative estimate of drug-likeness (QED) is 0.352. The number of nitrogens with one attached hydrogen (secondary N) is 1. The van der Waals surface area contributed by atoms with E-state index >= 15 is 0 Å². The minimum atomic E-state index is -1.02. The summed E-state index contributed by atoms with van der Waals surface area (Å²) in [6, 6.07) is 13.6. The Morgan fingerprint density at radius 1 is 1.11 bits per heavy atom. The number of fused-ring (bicyclic) bond motifs is 1. The van der Waals surface area contributed by atoms with Gasteiger partial charge in [0, 0.05) is 6.54 Å². The molecule has 2 aromatic rings. The van der Waals surface area contributed by atoms with Crippen LogP contribution in [0.25, 0.3) is 10.8 Å². The third-order valence-electron chi connectivity index (χ3n) is 4.49. The second-order valence-electron chi connectivity index (χ2n) is 6.53. The average molecular weight is 383 g/mol. The van der Waals surface area contributed by atoms with Crippen molar-refractivity contribution in [3.63, 3.8) is 0 Å². The molecule has 1 amide bonds. The topological polar surface area (TPSA) is 92.7 Å². The zero-order valence-electron chi connectivity index (χ0n) is 15.7. The van der Waals surface area contributed by atoms with Crippen LogP contribution in [0.15, 0.2) is 55.1 Å². The standard InChI is InChI=1S/C22H25NO5/c1-2-20(24)23-13-6-5-9-17(22(26)27)14-21(25)28-15-18-11-7-10-16-8-3-4-12-19(16)18/h2-4,7-8,10-12,17H,1,5-6,9,13-15H2,(H,23,24)(H,26,27)/t17-/m1/s1. The van der Waals surface area contributed by atoms with Gasteiger partial charge in [0.1, 0.15) is 6.61 Å². The Kier molecular flexibility index (Phi) is 8.21. The Morgan fingerprint density at radius 2 is 1.86 bits per heavy atom. The van der Waals surface area contributed by atoms with Crippen LogP contribution in [-0.4, -0.2) is 29.5 Å². The number of esters is 1. The first-order valence-electron chi connectivity index (χ1n) is 9.26. The third-order valence-corrected chi connectivity index (χ3v) is 4.49. The predicted octanol–water partition coefficient (Wildman–Crippen LogP) is 3.45. The summed E-state index contributed by atoms with van der Waals surface area (Å²) in [6.07, 6.45) is 2.59. The van der Waals surface area contributed by atoms with Crippen LogP contribution in [0.5, 0.6) is 0 Å². The zero-order valence-corrected chi connectivity index (χ0v) is 15.7. The molecule has 6 heteroatoms. The van der Waals surface area contributed by atoms with Crippen molar-refractivity contribution in [3.8, 4) is 0 Å². The van der Waals surface area contributed by atoms with Crippen molar-refractivity contribution < 1.29 is 24.2 Å². The molecule has 0 bridgehead atoms. The number of rotatable bonds is 11. The van der Waals surface area contributed by atoms with Crippen LogP contribution in [0, 0.1) is 5.92 Å². The summed E-state index contributed by atoms with van der Waals surface area (Å²) < 4.78 is 5.32. The molecule has 2 N–H and O–H groups in total. The molecule has 28 heavy (non-hydrogen) atoms. The maximum atomic E-state index is 12.1. The van der Waals surface area contributed by atoms with Gasteiger partial charge in [0.25, 0.3) is 0 Å². The minimum Gasteiger partial charge on any atom is -0.481 e. The summed E-state index contributed by atoms with van der Waals surface area (Å²) in [7, 11) is 0. The lowest BCUT2D eigenvalue weighted by atomic mass is 9.98. The van der Waals surface area contributed by atoms with Crippen molar-refractivity contribution in [3.05, 3.63) is 60.7 Å². The van der Waals surface area contributed by atoms with Crippen molar-refractivity contribution in [1.29, 1.82) is 0 Å². The molecule has 148 valence electrons. The van der Waals surface area contributed by atoms with Crippen molar-refractivity contribution in [2.24, 2.45) is 5.92 Å². The minimum absolute atomic E-state index is 0.111. The molecule has 0 saturated heterocycles. The van der Waals surface area contributed by atoms with Crippen LogP contribution >= 0.6 is 0 Å². The first-order chi connectivity index (χ1) is 13.5. The Hall–Kier alpha value is -3.15. The number of ether oxygens (including phenoxy) is 1. The van der Waals surface area contributed by atoms with E-state index in [4.69, 9.17) is 4.74 Å². The Morgan fingerprint density at radius 3 is 2.61 bits per heavy atom. The second kappa shape index (κ2) is 10.9. The highest BCUT2D eigenvalue weighted by Gasteiger charge is 2.22. The van der Waals surface area contributed by atoms with Gasteiger partial charge in [0.05, 0.1) is 12.3 Å². The second-order valence-corrected chi connectivity index (χ2v) is 6.53. The predicted molar refractivity (Wildman–Crippen MR) is 107 cm³/mol. The molecule has 0 aliphatic heterocycles. The van der Waals surface area contributed by atoms with Crippen LogP contribution < -0.4 is 5.32 Å². The van der Waals surface area contributed by atoms with Crippen LogP contribution in [0.1, 0.15) is 31.2 Å². The fourth-order valence-corrected chi connectivity index (χ4v) is 2.95. The first-order valence-corrected chi connectivity index (χ1v) is 9.26. The number of carboxylic acids is 1. The lowest BCUT2D eigenvalue weighted by Gasteiger charge is -2.13. The third kappa shape index (κ3) is 6.54. The lowest BCUT2D eigenvalue weighted by Crippen LogP contribution is -2.23. The van der Waals surface area contributed by atoms with Gasteiger partial charge >= 0.3 is 11.9 Å². The summed E-state index contributed by atoms with van der Waals surface area (Å²) in [5.74, 6) is -2.60. The Bertz CT molecular complexity index is 840. The highest BCUT2D eigenvalue weighted by atomic mass is 16.5. The van der Waals surface area contributed by atoms with E-state index in [2.05, 4.69) is 11.9 Å². The highest BCUT2D eigenvalue weighted by Crippen LogP contribution is 2.20. The zero-order chi connectivity index (χ0) is 20.4. The van der Waals surface area contributed by atoms with Gasteiger partial charge in [-0.3, -0.25) is 14.4 Å². The number of aliphatic carboxylic acids is 1. The van der Waals surface area contributed by atoms with Gasteiger partial charge in [-0.15, -0.1) is 0 Å². The molecule has 1 atom stereocenters. The number of amides is 1. The van der Waals surface area contributed by atoms with Gasteiger partial charge in [0.15, 0.2) is 0 Å². The first kappa shape index (κ1) is 21.2. The van der Waals surface area contributed by atoms with Crippen LogP contribution in [0.4, 0.5) is 0 Å². The molecule has 0 saturated carbocycles. The van der Waals surface area contributed by atoms with Crippen LogP contribution in [0.2, 0.25) is 0 Å². The van der Waals surface area contributed by atoms with E-state index < -0.39 is 17.9 Å². The van der Waals surface area contributed by atoms with Gasteiger partial charge in [-0.05, 0) is 35.3 Å². The summed E-state index contributed by atoms with van der Waals surface area (Å²) in [5, 5.41) is 14.0. The van der Waals surface area contributed by atoms with E-state index in [0.29, 0.717) is 25.8 Å². The normalized spacial score (nSPS) is 11.6. The maximum Gasteiger partial charge on any atom is 0.307 e. The SMILES string of the molecule is C=CC(=O)NCCCC[C@H](CC(=O)OCc1cccc2ccccc12)C(=O)O. The number of hydrogen-bond donors (Lipinski definition) is 2. The van der Waals surface area contributed by atoms with Gasteiger partial charge in [-0.2, -0.15) is 0 Å². The molecule has 0 aliphatic carbocycles. The average Bonchev–Trinajstić information content (AvgIpc) is 2.70. The molecule has 0 fully saturated rings. The van der Waals surface area contributed by atoms with Gasteiger partial charge in [0.2, 0.25) is 5.91 Å². The van der Waals surface area contributed by atoms with E-state index in [-0.39, 0.29) is 18.9 Å². The van der Waals surface area contributed by atoms with Crippen LogP contribution in [0.3, 0.4) is 0 Å². The van der Waals surface area contributed by atoms with Crippen molar-refractivity contribution in [2.75, 3.05) is 6.54 Å². The van der Waals surface area contributed by atoms with Crippen LogP contribution in [-0.2, 0) is 25.7 Å². The molecular formula is C22H25NO5. The van der Waals surface area contributed by atoms with E-state index in [1.807, 2.05) is 42.5 Å². The monoisotopic (exact) mass is 383 g/mol. The van der Waals surface area contributed by atoms with Gasteiger partial charge < -0.3 is 15.2 Å². The molecule has 0 unspecified atom stereocenters. The maximum absolute atomic E-state index is 12.1. The number of benzene rings is 2. The fraction of sp³-hybridized carbons (Fsp3) is 0.318.